The Kier molecular flexibility index (Phi) is 10.2. The molecule has 0 aromatic heterocycles. The second-order valence-corrected chi connectivity index (χ2v) is 7.86. The van der Waals surface area contributed by atoms with Gasteiger partial charge < -0.3 is 14.5 Å². The SMILES string of the molecule is C=C/C=C1/COC(CCC)N(C2CCN(CC/C(C=C)=C/C=C\C)CC2)/C1=C/C. The number of piperidine rings is 1. The van der Waals surface area contributed by atoms with Crippen molar-refractivity contribution in [1.29, 1.82) is 0 Å². The van der Waals surface area contributed by atoms with Gasteiger partial charge in [0.05, 0.1) is 6.61 Å². The summed E-state index contributed by atoms with van der Waals surface area (Å²) in [5.41, 5.74) is 3.91. The van der Waals surface area contributed by atoms with Crippen LogP contribution in [-0.2, 0) is 4.74 Å². The lowest BCUT2D eigenvalue weighted by Crippen LogP contribution is -2.52. The van der Waals surface area contributed by atoms with Crippen LogP contribution < -0.4 is 0 Å². The number of hydrogen-bond acceptors (Lipinski definition) is 3. The van der Waals surface area contributed by atoms with Gasteiger partial charge in [0.1, 0.15) is 6.23 Å². The molecule has 3 nitrogen and oxygen atoms in total. The van der Waals surface area contributed by atoms with E-state index in [0.29, 0.717) is 12.6 Å². The van der Waals surface area contributed by atoms with Crippen LogP contribution in [-0.4, -0.2) is 48.3 Å². The molecule has 0 aliphatic carbocycles. The predicted octanol–water partition coefficient (Wildman–Crippen LogP) is 6.00. The van der Waals surface area contributed by atoms with Crippen molar-refractivity contribution in [2.75, 3.05) is 26.2 Å². The molecular weight excluding hydrogens is 356 g/mol. The molecule has 0 bridgehead atoms. The van der Waals surface area contributed by atoms with Crippen LogP contribution in [0, 0.1) is 0 Å². The van der Waals surface area contributed by atoms with E-state index in [1.54, 1.807) is 0 Å². The van der Waals surface area contributed by atoms with Crippen LogP contribution in [0.25, 0.3) is 0 Å². The number of allylic oxidation sites excluding steroid dienone is 7. The van der Waals surface area contributed by atoms with Gasteiger partial charge in [-0.05, 0) is 45.1 Å². The number of hydrogen-bond donors (Lipinski definition) is 0. The molecule has 0 spiro atoms. The first kappa shape index (κ1) is 23.4. The monoisotopic (exact) mass is 396 g/mol. The van der Waals surface area contributed by atoms with E-state index in [2.05, 4.69) is 67.2 Å². The molecular formula is C26H40N2O. The minimum atomic E-state index is 0.195. The third-order valence-corrected chi connectivity index (χ3v) is 5.91. The molecule has 2 saturated heterocycles. The van der Waals surface area contributed by atoms with Crippen LogP contribution in [0.4, 0.5) is 0 Å². The quantitative estimate of drug-likeness (QED) is 0.444. The molecule has 0 aromatic rings. The molecule has 2 aliphatic heterocycles. The Labute approximate surface area is 178 Å². The zero-order valence-corrected chi connectivity index (χ0v) is 18.8. The van der Waals surface area contributed by atoms with E-state index < -0.39 is 0 Å². The van der Waals surface area contributed by atoms with E-state index >= 15 is 0 Å². The first-order valence-electron chi connectivity index (χ1n) is 11.2. The highest BCUT2D eigenvalue weighted by Gasteiger charge is 2.35. The maximum absolute atomic E-state index is 6.27. The Bertz CT molecular complexity index is 648. The standard InChI is InChI=1S/C26H40N2O/c1-6-11-14-22(9-4)15-18-27-19-16-24(17-20-27)28-25(10-5)23(12-7-2)21-29-26(28)13-8-3/h6-7,9-12,14,24,26H,2,4,8,13,15-21H2,1,3,5H3/b11-6-,22-14+,23-12-,25-10+. The van der Waals surface area contributed by atoms with E-state index in [1.807, 2.05) is 19.1 Å². The fourth-order valence-corrected chi connectivity index (χ4v) is 4.35. The van der Waals surface area contributed by atoms with Gasteiger partial charge in [-0.15, -0.1) is 0 Å². The van der Waals surface area contributed by atoms with Gasteiger partial charge in [-0.1, -0.05) is 69.0 Å². The largest absolute Gasteiger partial charge is 0.354 e. The minimum Gasteiger partial charge on any atom is -0.354 e. The van der Waals surface area contributed by atoms with Crippen LogP contribution >= 0.6 is 0 Å². The van der Waals surface area contributed by atoms with Crippen LogP contribution in [0.1, 0.15) is 52.9 Å². The van der Waals surface area contributed by atoms with Gasteiger partial charge in [0.15, 0.2) is 0 Å². The molecule has 1 atom stereocenters. The normalized spacial score (nSPS) is 25.3. The molecule has 0 aromatic carbocycles. The summed E-state index contributed by atoms with van der Waals surface area (Å²) in [5, 5.41) is 0. The molecule has 0 saturated carbocycles. The lowest BCUT2D eigenvalue weighted by Gasteiger charge is -2.48. The van der Waals surface area contributed by atoms with E-state index in [4.69, 9.17) is 4.74 Å². The minimum absolute atomic E-state index is 0.195. The summed E-state index contributed by atoms with van der Waals surface area (Å²) in [6, 6.07) is 0.542. The second kappa shape index (κ2) is 12.7. The first-order valence-corrected chi connectivity index (χ1v) is 11.2. The molecule has 0 N–H and O–H groups in total. The van der Waals surface area contributed by atoms with Crippen molar-refractivity contribution in [3.05, 3.63) is 72.5 Å². The zero-order valence-electron chi connectivity index (χ0n) is 18.8. The third-order valence-electron chi connectivity index (χ3n) is 5.91. The zero-order chi connectivity index (χ0) is 21.1. The summed E-state index contributed by atoms with van der Waals surface area (Å²) in [4.78, 5) is 5.17. The van der Waals surface area contributed by atoms with Gasteiger partial charge in [0.2, 0.25) is 0 Å². The molecule has 2 rings (SSSR count). The van der Waals surface area contributed by atoms with E-state index in [1.165, 1.54) is 29.7 Å². The van der Waals surface area contributed by atoms with Gasteiger partial charge in [-0.3, -0.25) is 0 Å². The highest BCUT2D eigenvalue weighted by Crippen LogP contribution is 2.33. The maximum atomic E-state index is 6.27. The molecule has 2 aliphatic rings. The number of nitrogens with zero attached hydrogens (tertiary/aromatic N) is 2. The van der Waals surface area contributed by atoms with Crippen molar-refractivity contribution in [2.24, 2.45) is 0 Å². The van der Waals surface area contributed by atoms with E-state index in [0.717, 1.165) is 38.9 Å². The summed E-state index contributed by atoms with van der Waals surface area (Å²) in [6.07, 6.45) is 20.4. The van der Waals surface area contributed by atoms with Crippen molar-refractivity contribution >= 4 is 0 Å². The van der Waals surface area contributed by atoms with Gasteiger partial charge in [-0.25, -0.2) is 0 Å². The summed E-state index contributed by atoms with van der Waals surface area (Å²) in [5.74, 6) is 0. The molecule has 2 heterocycles. The fourth-order valence-electron chi connectivity index (χ4n) is 4.35. The average molecular weight is 397 g/mol. The summed E-state index contributed by atoms with van der Waals surface area (Å²) < 4.78 is 6.27. The third kappa shape index (κ3) is 6.58. The number of rotatable bonds is 9. The fraction of sp³-hybridized carbons (Fsp3) is 0.538. The smallest absolute Gasteiger partial charge is 0.130 e. The summed E-state index contributed by atoms with van der Waals surface area (Å²) >= 11 is 0. The van der Waals surface area contributed by atoms with Gasteiger partial charge in [0.25, 0.3) is 0 Å². The van der Waals surface area contributed by atoms with Gasteiger partial charge >= 0.3 is 0 Å². The van der Waals surface area contributed by atoms with Crippen LogP contribution in [0.2, 0.25) is 0 Å². The van der Waals surface area contributed by atoms with Crippen LogP contribution in [0.15, 0.2) is 72.5 Å². The Balaban J connectivity index is 2.01. The molecule has 1 unspecified atom stereocenters. The second-order valence-electron chi connectivity index (χ2n) is 7.86. The highest BCUT2D eigenvalue weighted by molar-refractivity contribution is 5.35. The van der Waals surface area contributed by atoms with Crippen molar-refractivity contribution in [3.63, 3.8) is 0 Å². The molecule has 2 fully saturated rings. The Morgan fingerprint density at radius 2 is 1.97 bits per heavy atom. The summed E-state index contributed by atoms with van der Waals surface area (Å²) in [7, 11) is 0. The van der Waals surface area contributed by atoms with E-state index in [-0.39, 0.29) is 6.23 Å². The van der Waals surface area contributed by atoms with Crippen molar-refractivity contribution in [3.8, 4) is 0 Å². The molecule has 29 heavy (non-hydrogen) atoms. The number of likely N-dealkylation sites (tertiary alicyclic amines) is 1. The molecule has 0 amide bonds. The van der Waals surface area contributed by atoms with Gasteiger partial charge in [0, 0.05) is 36.9 Å². The molecule has 0 radical (unpaired) electrons. The molecule has 160 valence electrons. The average Bonchev–Trinajstić information content (AvgIpc) is 2.75. The molecule has 3 heteroatoms. The van der Waals surface area contributed by atoms with Gasteiger partial charge in [-0.2, -0.15) is 0 Å². The summed E-state index contributed by atoms with van der Waals surface area (Å²) in [6.45, 7) is 18.4. The van der Waals surface area contributed by atoms with Crippen LogP contribution in [0.3, 0.4) is 0 Å². The predicted molar refractivity (Wildman–Crippen MR) is 126 cm³/mol. The van der Waals surface area contributed by atoms with Crippen molar-refractivity contribution in [2.45, 2.75) is 65.1 Å². The number of ether oxygens (including phenoxy) is 1. The van der Waals surface area contributed by atoms with Crippen LogP contribution in [0.5, 0.6) is 0 Å². The Hall–Kier alpha value is -1.84. The first-order chi connectivity index (χ1) is 14.2. The topological polar surface area (TPSA) is 15.7 Å². The lowest BCUT2D eigenvalue weighted by molar-refractivity contribution is -0.0840. The lowest BCUT2D eigenvalue weighted by atomic mass is 9.97. The van der Waals surface area contributed by atoms with Crippen molar-refractivity contribution < 1.29 is 4.74 Å². The maximum Gasteiger partial charge on any atom is 0.130 e. The van der Waals surface area contributed by atoms with E-state index in [9.17, 15) is 0 Å². The Morgan fingerprint density at radius 1 is 1.21 bits per heavy atom. The van der Waals surface area contributed by atoms with Crippen molar-refractivity contribution in [1.82, 2.24) is 9.80 Å². The highest BCUT2D eigenvalue weighted by atomic mass is 16.5. The Morgan fingerprint density at radius 3 is 2.55 bits per heavy atom.